The number of carbonyl (C=O) groups is 1. The van der Waals surface area contributed by atoms with Gasteiger partial charge in [-0.3, -0.25) is 4.79 Å². The van der Waals surface area contributed by atoms with Crippen molar-refractivity contribution in [2.24, 2.45) is 0 Å². The van der Waals surface area contributed by atoms with E-state index in [1.807, 2.05) is 34.6 Å². The molecule has 5 nitrogen and oxygen atoms in total. The molecule has 0 aromatic rings. The third-order valence-electron chi connectivity index (χ3n) is 4.11. The Hall–Kier alpha value is -0.650. The van der Waals surface area contributed by atoms with Gasteiger partial charge in [0, 0.05) is 25.1 Å². The Morgan fingerprint density at radius 2 is 2.21 bits per heavy atom. The van der Waals surface area contributed by atoms with Gasteiger partial charge in [0.15, 0.2) is 0 Å². The number of aliphatic hydroxyl groups is 1. The van der Waals surface area contributed by atoms with Crippen molar-refractivity contribution in [3.05, 3.63) is 0 Å². The zero-order valence-corrected chi connectivity index (χ0v) is 12.7. The highest BCUT2D eigenvalue weighted by Crippen LogP contribution is 2.24. The van der Waals surface area contributed by atoms with Crippen molar-refractivity contribution in [2.45, 2.75) is 70.7 Å². The Kier molecular flexibility index (Phi) is 5.35. The molecule has 0 radical (unpaired) electrons. The smallest absolute Gasteiger partial charge is 0.237 e. The van der Waals surface area contributed by atoms with Crippen LogP contribution in [0.1, 0.15) is 47.5 Å². The molecule has 0 spiro atoms. The van der Waals surface area contributed by atoms with Gasteiger partial charge in [0.05, 0.1) is 12.1 Å². The SMILES string of the molecule is CCC(C)(C)NC(=O)C(C)NCC1(O)CCOC1C. The maximum absolute atomic E-state index is 12.0. The van der Waals surface area contributed by atoms with E-state index in [4.69, 9.17) is 4.74 Å². The summed E-state index contributed by atoms with van der Waals surface area (Å²) in [6.07, 6.45) is 1.29. The van der Waals surface area contributed by atoms with Crippen molar-refractivity contribution in [1.29, 1.82) is 0 Å². The van der Waals surface area contributed by atoms with Crippen LogP contribution in [0.2, 0.25) is 0 Å². The van der Waals surface area contributed by atoms with Gasteiger partial charge in [-0.05, 0) is 34.1 Å². The van der Waals surface area contributed by atoms with Crippen molar-refractivity contribution < 1.29 is 14.6 Å². The molecule has 1 fully saturated rings. The molecule has 19 heavy (non-hydrogen) atoms. The minimum Gasteiger partial charge on any atom is -0.386 e. The van der Waals surface area contributed by atoms with Crippen LogP contribution >= 0.6 is 0 Å². The van der Waals surface area contributed by atoms with Gasteiger partial charge < -0.3 is 20.5 Å². The lowest BCUT2D eigenvalue weighted by Gasteiger charge is -2.30. The van der Waals surface area contributed by atoms with Gasteiger partial charge in [-0.2, -0.15) is 0 Å². The van der Waals surface area contributed by atoms with Crippen LogP contribution < -0.4 is 10.6 Å². The lowest BCUT2D eigenvalue weighted by molar-refractivity contribution is -0.124. The molecule has 3 atom stereocenters. The van der Waals surface area contributed by atoms with Crippen LogP contribution in [0.3, 0.4) is 0 Å². The van der Waals surface area contributed by atoms with Crippen molar-refractivity contribution in [2.75, 3.05) is 13.2 Å². The van der Waals surface area contributed by atoms with E-state index in [1.165, 1.54) is 0 Å². The Bertz CT molecular complexity index is 320. The second-order valence-corrected chi connectivity index (χ2v) is 6.20. The fourth-order valence-electron chi connectivity index (χ4n) is 1.96. The summed E-state index contributed by atoms with van der Waals surface area (Å²) in [5, 5.41) is 16.4. The molecule has 1 heterocycles. The average Bonchev–Trinajstić information content (AvgIpc) is 2.66. The van der Waals surface area contributed by atoms with Gasteiger partial charge in [-0.15, -0.1) is 0 Å². The highest BCUT2D eigenvalue weighted by Gasteiger charge is 2.39. The van der Waals surface area contributed by atoms with Crippen LogP contribution in [0.15, 0.2) is 0 Å². The van der Waals surface area contributed by atoms with E-state index in [0.29, 0.717) is 19.6 Å². The Labute approximate surface area is 116 Å². The molecule has 0 saturated carbocycles. The normalized spacial score (nSPS) is 29.3. The molecule has 5 heteroatoms. The standard InChI is InChI=1S/C14H28N2O3/c1-6-13(4,5)16-12(17)10(2)15-9-14(18)7-8-19-11(14)3/h10-11,15,18H,6-9H2,1-5H3,(H,16,17). The number of hydrogen-bond acceptors (Lipinski definition) is 4. The van der Waals surface area contributed by atoms with Gasteiger partial charge in [0.1, 0.15) is 5.60 Å². The molecule has 3 unspecified atom stereocenters. The van der Waals surface area contributed by atoms with Crippen LogP contribution in [0.25, 0.3) is 0 Å². The molecule has 1 aliphatic rings. The van der Waals surface area contributed by atoms with Crippen molar-refractivity contribution in [3.8, 4) is 0 Å². The monoisotopic (exact) mass is 272 g/mol. The van der Waals surface area contributed by atoms with Gasteiger partial charge in [0.25, 0.3) is 0 Å². The summed E-state index contributed by atoms with van der Waals surface area (Å²) in [5.41, 5.74) is -1.07. The lowest BCUT2D eigenvalue weighted by atomic mass is 9.96. The summed E-state index contributed by atoms with van der Waals surface area (Å²) in [6.45, 7) is 10.7. The molecule has 1 saturated heterocycles. The van der Waals surface area contributed by atoms with Crippen molar-refractivity contribution in [1.82, 2.24) is 10.6 Å². The van der Waals surface area contributed by atoms with Crippen LogP contribution in [0.4, 0.5) is 0 Å². The summed E-state index contributed by atoms with van der Waals surface area (Å²) in [7, 11) is 0. The maximum Gasteiger partial charge on any atom is 0.237 e. The largest absolute Gasteiger partial charge is 0.386 e. The van der Waals surface area contributed by atoms with Gasteiger partial charge in [-0.25, -0.2) is 0 Å². The summed E-state index contributed by atoms with van der Waals surface area (Å²) < 4.78 is 5.37. The number of hydrogen-bond donors (Lipinski definition) is 3. The fraction of sp³-hybridized carbons (Fsp3) is 0.929. The molecule has 112 valence electrons. The van der Waals surface area contributed by atoms with Crippen molar-refractivity contribution >= 4 is 5.91 Å². The number of rotatable bonds is 6. The molecule has 1 aliphatic heterocycles. The van der Waals surface area contributed by atoms with Crippen LogP contribution in [-0.4, -0.2) is 47.5 Å². The Balaban J connectivity index is 2.43. The van der Waals surface area contributed by atoms with Gasteiger partial charge in [-0.1, -0.05) is 6.92 Å². The molecular formula is C14H28N2O3. The zero-order valence-electron chi connectivity index (χ0n) is 12.7. The van der Waals surface area contributed by atoms with E-state index >= 15 is 0 Å². The minimum atomic E-state index is -0.866. The molecule has 0 aromatic carbocycles. The third kappa shape index (κ3) is 4.44. The van der Waals surface area contributed by atoms with Gasteiger partial charge >= 0.3 is 0 Å². The first-order valence-electron chi connectivity index (χ1n) is 7.09. The van der Waals surface area contributed by atoms with Crippen molar-refractivity contribution in [3.63, 3.8) is 0 Å². The predicted octanol–water partition coefficient (Wildman–Crippen LogP) is 0.809. The first-order valence-corrected chi connectivity index (χ1v) is 7.09. The Morgan fingerprint density at radius 1 is 1.58 bits per heavy atom. The molecule has 1 amide bonds. The molecule has 1 rings (SSSR count). The number of amides is 1. The highest BCUT2D eigenvalue weighted by atomic mass is 16.5. The molecule has 0 bridgehead atoms. The average molecular weight is 272 g/mol. The third-order valence-corrected chi connectivity index (χ3v) is 4.11. The lowest BCUT2D eigenvalue weighted by Crippen LogP contribution is -2.54. The zero-order chi connectivity index (χ0) is 14.7. The van der Waals surface area contributed by atoms with Crippen LogP contribution in [-0.2, 0) is 9.53 Å². The quantitative estimate of drug-likeness (QED) is 0.669. The van der Waals surface area contributed by atoms with E-state index < -0.39 is 5.60 Å². The minimum absolute atomic E-state index is 0.0398. The summed E-state index contributed by atoms with van der Waals surface area (Å²) in [4.78, 5) is 12.0. The summed E-state index contributed by atoms with van der Waals surface area (Å²) in [6, 6.07) is -0.331. The summed E-state index contributed by atoms with van der Waals surface area (Å²) >= 11 is 0. The van der Waals surface area contributed by atoms with E-state index in [1.54, 1.807) is 0 Å². The van der Waals surface area contributed by atoms with Crippen LogP contribution in [0.5, 0.6) is 0 Å². The first-order chi connectivity index (χ1) is 8.70. The molecular weight excluding hydrogens is 244 g/mol. The number of carbonyl (C=O) groups excluding carboxylic acids is 1. The number of nitrogens with one attached hydrogen (secondary N) is 2. The first kappa shape index (κ1) is 16.4. The van der Waals surface area contributed by atoms with E-state index in [9.17, 15) is 9.90 Å². The second-order valence-electron chi connectivity index (χ2n) is 6.20. The summed E-state index contributed by atoms with van der Waals surface area (Å²) in [5.74, 6) is -0.0398. The van der Waals surface area contributed by atoms with E-state index in [-0.39, 0.29) is 23.6 Å². The molecule has 3 N–H and O–H groups in total. The van der Waals surface area contributed by atoms with E-state index in [2.05, 4.69) is 10.6 Å². The molecule has 0 aromatic heterocycles. The highest BCUT2D eigenvalue weighted by molar-refractivity contribution is 5.81. The predicted molar refractivity (Wildman–Crippen MR) is 75.0 cm³/mol. The fourth-order valence-corrected chi connectivity index (χ4v) is 1.96. The molecule has 0 aliphatic carbocycles. The van der Waals surface area contributed by atoms with Gasteiger partial charge in [0.2, 0.25) is 5.91 Å². The van der Waals surface area contributed by atoms with Crippen LogP contribution in [0, 0.1) is 0 Å². The Morgan fingerprint density at radius 3 is 2.68 bits per heavy atom. The maximum atomic E-state index is 12.0. The topological polar surface area (TPSA) is 70.6 Å². The van der Waals surface area contributed by atoms with E-state index in [0.717, 1.165) is 6.42 Å². The number of ether oxygens (including phenoxy) is 1. The second kappa shape index (κ2) is 6.20.